The average Bonchev–Trinajstić information content (AvgIpc) is 3.14. The second-order valence-electron chi connectivity index (χ2n) is 9.24. The normalized spacial score (nSPS) is 30.2. The molecule has 0 saturated carbocycles. The lowest BCUT2D eigenvalue weighted by molar-refractivity contribution is -0.194. The highest BCUT2D eigenvalue weighted by molar-refractivity contribution is 5.90. The molecule has 1 aromatic carbocycles. The van der Waals surface area contributed by atoms with E-state index >= 15 is 0 Å². The minimum Gasteiger partial charge on any atom is -0.465 e. The monoisotopic (exact) mass is 430 g/mol. The van der Waals surface area contributed by atoms with Crippen molar-refractivity contribution >= 4 is 16.9 Å². The van der Waals surface area contributed by atoms with E-state index < -0.39 is 17.8 Å². The lowest BCUT2D eigenvalue weighted by Gasteiger charge is -2.57. The molecular weight excluding hydrogens is 396 g/mol. The van der Waals surface area contributed by atoms with Gasteiger partial charge in [-0.25, -0.2) is 4.79 Å². The van der Waals surface area contributed by atoms with Crippen LogP contribution >= 0.6 is 0 Å². The molecule has 3 N–H and O–H groups in total. The maximum atomic E-state index is 12.8. The molecule has 1 aromatic heterocycles. The molecule has 3 aliphatic rings. The number of fused-ring (bicyclic) bond motifs is 3. The summed E-state index contributed by atoms with van der Waals surface area (Å²) in [6.45, 7) is 5.75. The Morgan fingerprint density at radius 2 is 2.03 bits per heavy atom. The van der Waals surface area contributed by atoms with Crippen molar-refractivity contribution in [2.75, 3.05) is 26.8 Å². The van der Waals surface area contributed by atoms with E-state index in [1.807, 2.05) is 22.8 Å². The number of esters is 1. The number of para-hydroxylation sites is 1. The highest BCUT2D eigenvalue weighted by Crippen LogP contribution is 2.60. The van der Waals surface area contributed by atoms with Gasteiger partial charge >= 0.3 is 5.97 Å². The van der Waals surface area contributed by atoms with Crippen LogP contribution in [0.5, 0.6) is 0 Å². The molecule has 0 aliphatic carbocycles. The van der Waals surface area contributed by atoms with Crippen LogP contribution in [-0.2, 0) is 21.7 Å². The fraction of sp³-hybridized carbons (Fsp3) is 0.625. The third-order valence-corrected chi connectivity index (χ3v) is 7.44. The molecule has 0 radical (unpaired) electrons. The maximum absolute atomic E-state index is 12.8. The summed E-state index contributed by atoms with van der Waals surface area (Å²) in [5, 5.41) is 28.9. The van der Waals surface area contributed by atoms with Crippen molar-refractivity contribution < 1.29 is 24.9 Å². The van der Waals surface area contributed by atoms with E-state index in [0.29, 0.717) is 6.42 Å². The van der Waals surface area contributed by atoms with Gasteiger partial charge in [0.1, 0.15) is 0 Å². The van der Waals surface area contributed by atoms with Crippen LogP contribution in [0.2, 0.25) is 0 Å². The van der Waals surface area contributed by atoms with E-state index in [-0.39, 0.29) is 18.1 Å². The molecule has 31 heavy (non-hydrogen) atoms. The highest BCUT2D eigenvalue weighted by Gasteiger charge is 2.60. The average molecular weight is 431 g/mol. The summed E-state index contributed by atoms with van der Waals surface area (Å²) in [4.78, 5) is 15.4. The number of carbonyl (C=O) groups excluding carboxylic acids is 1. The summed E-state index contributed by atoms with van der Waals surface area (Å²) in [7, 11) is 1.37. The molecular formula is C24H34N2O5. The highest BCUT2D eigenvalue weighted by atomic mass is 16.5. The van der Waals surface area contributed by atoms with Gasteiger partial charge in [-0.15, -0.1) is 0 Å². The van der Waals surface area contributed by atoms with Crippen molar-refractivity contribution in [1.29, 1.82) is 0 Å². The van der Waals surface area contributed by atoms with E-state index in [0.717, 1.165) is 50.0 Å². The predicted octanol–water partition coefficient (Wildman–Crippen LogP) is 2.31. The third-order valence-electron chi connectivity index (χ3n) is 7.44. The number of nitrogens with zero attached hydrogens (tertiary/aromatic N) is 2. The number of hydrogen-bond acceptors (Lipinski definition) is 6. The molecule has 3 aliphatic heterocycles. The number of carbonyl (C=O) groups is 1. The minimum absolute atomic E-state index is 0.0826. The van der Waals surface area contributed by atoms with Crippen molar-refractivity contribution in [1.82, 2.24) is 9.47 Å². The van der Waals surface area contributed by atoms with Gasteiger partial charge in [-0.1, -0.05) is 25.1 Å². The van der Waals surface area contributed by atoms with E-state index in [2.05, 4.69) is 17.9 Å². The summed E-state index contributed by atoms with van der Waals surface area (Å²) in [5.41, 5.74) is 1.69. The zero-order valence-electron chi connectivity index (χ0n) is 18.7. The fourth-order valence-corrected chi connectivity index (χ4v) is 6.10. The molecule has 1 saturated heterocycles. The quantitative estimate of drug-likeness (QED) is 0.647. The Kier molecular flexibility index (Phi) is 5.89. The van der Waals surface area contributed by atoms with Gasteiger partial charge in [0.05, 0.1) is 31.4 Å². The van der Waals surface area contributed by atoms with Gasteiger partial charge in [0, 0.05) is 24.0 Å². The summed E-state index contributed by atoms with van der Waals surface area (Å²) in [6.07, 6.45) is 3.96. The van der Waals surface area contributed by atoms with Crippen LogP contribution in [0.15, 0.2) is 24.3 Å². The Balaban J connectivity index is 0.000000418. The SMILES string of the molecule is CC(O)CO.CC[C@]12CCCN3CCc4c(n(c5ccccc45)[C@@](O)(C(=O)OC)C1)[C@@H]32. The lowest BCUT2D eigenvalue weighted by Crippen LogP contribution is -2.60. The topological polar surface area (TPSA) is 95.2 Å². The standard InChI is InChI=1S/C21H26N2O3.C3H8O2/c1-3-20-10-6-11-22-12-9-15-14-7-4-5-8-16(14)23(17(15)18(20)22)21(25,13-20)19(24)26-2;1-3(5)2-4/h4-5,7-8,18,25H,3,6,9-13H2,1-2H3;3-5H,2H2,1H3/t18-,20+,21+;/m1./s1. The Labute approximate surface area is 183 Å². The first-order chi connectivity index (χ1) is 14.8. The summed E-state index contributed by atoms with van der Waals surface area (Å²) >= 11 is 0. The number of rotatable bonds is 3. The van der Waals surface area contributed by atoms with Crippen molar-refractivity contribution in [2.45, 2.75) is 63.8 Å². The van der Waals surface area contributed by atoms with Gasteiger partial charge in [0.25, 0.3) is 0 Å². The molecule has 0 spiro atoms. The van der Waals surface area contributed by atoms with Gasteiger partial charge in [-0.3, -0.25) is 4.90 Å². The van der Waals surface area contributed by atoms with Crippen molar-refractivity contribution in [3.05, 3.63) is 35.5 Å². The number of ether oxygens (including phenoxy) is 1. The van der Waals surface area contributed by atoms with Crippen molar-refractivity contribution in [3.8, 4) is 0 Å². The van der Waals surface area contributed by atoms with Crippen LogP contribution in [0.4, 0.5) is 0 Å². The Bertz CT molecular complexity index is 970. The minimum atomic E-state index is -1.63. The molecule has 0 amide bonds. The molecule has 7 heteroatoms. The van der Waals surface area contributed by atoms with Crippen LogP contribution in [0.1, 0.15) is 56.8 Å². The van der Waals surface area contributed by atoms with Gasteiger partial charge < -0.3 is 24.6 Å². The zero-order chi connectivity index (χ0) is 22.4. The maximum Gasteiger partial charge on any atom is 0.359 e. The van der Waals surface area contributed by atoms with Crippen LogP contribution in [0.25, 0.3) is 10.9 Å². The second kappa shape index (κ2) is 8.20. The van der Waals surface area contributed by atoms with Crippen LogP contribution in [-0.4, -0.2) is 63.7 Å². The number of benzene rings is 1. The van der Waals surface area contributed by atoms with E-state index in [9.17, 15) is 9.90 Å². The smallest absolute Gasteiger partial charge is 0.359 e. The summed E-state index contributed by atoms with van der Waals surface area (Å²) in [6, 6.07) is 8.45. The van der Waals surface area contributed by atoms with Crippen LogP contribution in [0, 0.1) is 5.41 Å². The molecule has 1 unspecified atom stereocenters. The fourth-order valence-electron chi connectivity index (χ4n) is 6.10. The molecule has 7 nitrogen and oxygen atoms in total. The summed E-state index contributed by atoms with van der Waals surface area (Å²) in [5.74, 6) is -0.546. The number of aliphatic hydroxyl groups is 3. The van der Waals surface area contributed by atoms with Crippen LogP contribution < -0.4 is 0 Å². The van der Waals surface area contributed by atoms with E-state index in [1.165, 1.54) is 25.0 Å². The van der Waals surface area contributed by atoms with Gasteiger partial charge in [-0.05, 0) is 56.2 Å². The first kappa shape index (κ1) is 22.3. The third kappa shape index (κ3) is 3.30. The molecule has 4 heterocycles. The van der Waals surface area contributed by atoms with Crippen molar-refractivity contribution in [2.24, 2.45) is 5.41 Å². The molecule has 5 rings (SSSR count). The Morgan fingerprint density at radius 1 is 1.32 bits per heavy atom. The van der Waals surface area contributed by atoms with Crippen molar-refractivity contribution in [3.63, 3.8) is 0 Å². The number of piperidine rings is 1. The van der Waals surface area contributed by atoms with Gasteiger partial charge in [-0.2, -0.15) is 0 Å². The number of methoxy groups -OCH3 is 1. The molecule has 1 fully saturated rings. The number of aromatic nitrogens is 1. The Morgan fingerprint density at radius 3 is 2.68 bits per heavy atom. The van der Waals surface area contributed by atoms with Crippen LogP contribution in [0.3, 0.4) is 0 Å². The number of hydrogen-bond donors (Lipinski definition) is 3. The first-order valence-corrected chi connectivity index (χ1v) is 11.3. The first-order valence-electron chi connectivity index (χ1n) is 11.3. The van der Waals surface area contributed by atoms with Gasteiger partial charge in [0.2, 0.25) is 5.72 Å². The second-order valence-corrected chi connectivity index (χ2v) is 9.24. The Hall–Kier alpha value is -1.93. The zero-order valence-corrected chi connectivity index (χ0v) is 18.7. The largest absolute Gasteiger partial charge is 0.465 e. The molecule has 0 bridgehead atoms. The lowest BCUT2D eigenvalue weighted by atomic mass is 9.62. The molecule has 4 atom stereocenters. The van der Waals surface area contributed by atoms with E-state index in [4.69, 9.17) is 14.9 Å². The molecule has 2 aromatic rings. The molecule has 170 valence electrons. The van der Waals surface area contributed by atoms with Gasteiger partial charge in [0.15, 0.2) is 0 Å². The van der Waals surface area contributed by atoms with E-state index in [1.54, 1.807) is 0 Å². The predicted molar refractivity (Wildman–Crippen MR) is 118 cm³/mol. The number of aliphatic hydroxyl groups excluding tert-OH is 2. The summed E-state index contributed by atoms with van der Waals surface area (Å²) < 4.78 is 7.01.